The van der Waals surface area contributed by atoms with E-state index in [9.17, 15) is 4.79 Å². The van der Waals surface area contributed by atoms with Crippen molar-refractivity contribution in [2.75, 3.05) is 5.73 Å². The van der Waals surface area contributed by atoms with Gasteiger partial charge in [-0.2, -0.15) is 5.10 Å². The van der Waals surface area contributed by atoms with Gasteiger partial charge in [-0.25, -0.2) is 0 Å². The molecule has 1 aromatic rings. The third-order valence-electron chi connectivity index (χ3n) is 3.95. The van der Waals surface area contributed by atoms with Crippen molar-refractivity contribution < 1.29 is 4.79 Å². The summed E-state index contributed by atoms with van der Waals surface area (Å²) in [6.07, 6.45) is 4.97. The number of nitrogens with zero attached hydrogens (tertiary/aromatic N) is 2. The number of carbonyl (C=O) groups is 1. The summed E-state index contributed by atoms with van der Waals surface area (Å²) in [7, 11) is 1.75. The lowest BCUT2D eigenvalue weighted by Crippen LogP contribution is -2.38. The summed E-state index contributed by atoms with van der Waals surface area (Å²) in [4.78, 5) is 12.2. The third-order valence-corrected chi connectivity index (χ3v) is 3.95. The minimum atomic E-state index is -0.116. The van der Waals surface area contributed by atoms with E-state index in [1.807, 2.05) is 6.92 Å². The van der Waals surface area contributed by atoms with Crippen LogP contribution in [0.15, 0.2) is 0 Å². The summed E-state index contributed by atoms with van der Waals surface area (Å²) < 4.78 is 1.56. The number of aryl methyl sites for hydroxylation is 2. The van der Waals surface area contributed by atoms with Gasteiger partial charge in [-0.05, 0) is 32.6 Å². The average molecular weight is 250 g/mol. The molecular weight excluding hydrogens is 228 g/mol. The summed E-state index contributed by atoms with van der Waals surface area (Å²) in [5.74, 6) is 0.486. The number of nitrogens with one attached hydrogen (secondary N) is 1. The molecule has 0 aromatic carbocycles. The second-order valence-electron chi connectivity index (χ2n) is 5.28. The average Bonchev–Trinajstić information content (AvgIpc) is 2.88. The van der Waals surface area contributed by atoms with E-state index in [-0.39, 0.29) is 11.9 Å². The van der Waals surface area contributed by atoms with Crippen molar-refractivity contribution >= 4 is 11.6 Å². The Kier molecular flexibility index (Phi) is 3.59. The molecule has 0 spiro atoms. The van der Waals surface area contributed by atoms with Crippen molar-refractivity contribution in [3.63, 3.8) is 0 Å². The van der Waals surface area contributed by atoms with Crippen LogP contribution < -0.4 is 11.1 Å². The van der Waals surface area contributed by atoms with Crippen LogP contribution in [0.4, 0.5) is 5.69 Å². The van der Waals surface area contributed by atoms with Crippen molar-refractivity contribution in [3.05, 3.63) is 11.4 Å². The second kappa shape index (κ2) is 5.00. The largest absolute Gasteiger partial charge is 0.395 e. The number of carbonyl (C=O) groups excluding carboxylic acids is 1. The molecule has 1 heterocycles. The minimum Gasteiger partial charge on any atom is -0.395 e. The summed E-state index contributed by atoms with van der Waals surface area (Å²) in [5, 5.41) is 7.22. The van der Waals surface area contributed by atoms with Gasteiger partial charge in [-0.15, -0.1) is 0 Å². The first kappa shape index (κ1) is 12.9. The normalized spacial score (nSPS) is 17.9. The Morgan fingerprint density at radius 1 is 1.50 bits per heavy atom. The van der Waals surface area contributed by atoms with E-state index in [0.717, 1.165) is 0 Å². The first-order chi connectivity index (χ1) is 8.50. The highest BCUT2D eigenvalue weighted by Crippen LogP contribution is 2.27. The Balaban J connectivity index is 2.07. The van der Waals surface area contributed by atoms with Crippen LogP contribution in [0.25, 0.3) is 0 Å². The lowest BCUT2D eigenvalue weighted by atomic mass is 10.00. The number of amides is 1. The molecule has 0 bridgehead atoms. The van der Waals surface area contributed by atoms with Crippen LogP contribution in [-0.2, 0) is 7.05 Å². The van der Waals surface area contributed by atoms with Gasteiger partial charge >= 0.3 is 0 Å². The van der Waals surface area contributed by atoms with Crippen LogP contribution >= 0.6 is 0 Å². The monoisotopic (exact) mass is 250 g/mol. The van der Waals surface area contributed by atoms with Crippen molar-refractivity contribution in [3.8, 4) is 0 Å². The number of nitrogens with two attached hydrogens (primary N) is 1. The number of nitrogen functional groups attached to an aromatic ring is 1. The third kappa shape index (κ3) is 2.35. The predicted octanol–water partition coefficient (Wildman–Crippen LogP) is 1.62. The van der Waals surface area contributed by atoms with Crippen LogP contribution in [-0.4, -0.2) is 21.7 Å². The van der Waals surface area contributed by atoms with Gasteiger partial charge in [0, 0.05) is 13.1 Å². The number of anilines is 1. The van der Waals surface area contributed by atoms with Crippen LogP contribution in [0, 0.1) is 12.8 Å². The van der Waals surface area contributed by atoms with E-state index in [2.05, 4.69) is 17.3 Å². The van der Waals surface area contributed by atoms with E-state index in [0.29, 0.717) is 23.0 Å². The molecule has 0 saturated heterocycles. The SMILES string of the molecule is Cc1nn(C)c(C(=O)NC(C)C2CCCC2)c1N. The minimum absolute atomic E-state index is 0.116. The number of hydrogen-bond donors (Lipinski definition) is 2. The molecule has 1 aromatic heterocycles. The Morgan fingerprint density at radius 2 is 2.11 bits per heavy atom. The van der Waals surface area contributed by atoms with Crippen LogP contribution in [0.5, 0.6) is 0 Å². The van der Waals surface area contributed by atoms with E-state index >= 15 is 0 Å². The van der Waals surface area contributed by atoms with Gasteiger partial charge in [0.05, 0.1) is 11.4 Å². The molecule has 5 nitrogen and oxygen atoms in total. The number of rotatable bonds is 3. The fourth-order valence-electron chi connectivity index (χ4n) is 2.79. The van der Waals surface area contributed by atoms with Crippen molar-refractivity contribution in [1.82, 2.24) is 15.1 Å². The van der Waals surface area contributed by atoms with E-state index < -0.39 is 0 Å². The lowest BCUT2D eigenvalue weighted by molar-refractivity contribution is 0.0918. The highest BCUT2D eigenvalue weighted by atomic mass is 16.2. The van der Waals surface area contributed by atoms with E-state index in [1.54, 1.807) is 11.7 Å². The topological polar surface area (TPSA) is 72.9 Å². The van der Waals surface area contributed by atoms with Crippen molar-refractivity contribution in [2.24, 2.45) is 13.0 Å². The zero-order valence-corrected chi connectivity index (χ0v) is 11.4. The predicted molar refractivity (Wildman–Crippen MR) is 71.2 cm³/mol. The Labute approximate surface area is 108 Å². The van der Waals surface area contributed by atoms with Gasteiger partial charge < -0.3 is 11.1 Å². The molecule has 0 aliphatic heterocycles. The summed E-state index contributed by atoms with van der Waals surface area (Å²) >= 11 is 0. The molecule has 2 rings (SSSR count). The quantitative estimate of drug-likeness (QED) is 0.856. The Morgan fingerprint density at radius 3 is 2.61 bits per heavy atom. The van der Waals surface area contributed by atoms with Crippen LogP contribution in [0.2, 0.25) is 0 Å². The molecule has 1 saturated carbocycles. The fraction of sp³-hybridized carbons (Fsp3) is 0.692. The molecule has 1 atom stereocenters. The zero-order valence-electron chi connectivity index (χ0n) is 11.4. The molecule has 1 aliphatic carbocycles. The van der Waals surface area contributed by atoms with Gasteiger partial charge in [0.1, 0.15) is 5.69 Å². The van der Waals surface area contributed by atoms with Gasteiger partial charge in [0.2, 0.25) is 0 Å². The fourth-order valence-corrected chi connectivity index (χ4v) is 2.79. The maximum atomic E-state index is 12.2. The molecule has 5 heteroatoms. The molecule has 18 heavy (non-hydrogen) atoms. The van der Waals surface area contributed by atoms with Gasteiger partial charge in [0.15, 0.2) is 0 Å². The highest BCUT2D eigenvalue weighted by Gasteiger charge is 2.25. The lowest BCUT2D eigenvalue weighted by Gasteiger charge is -2.20. The molecule has 3 N–H and O–H groups in total. The maximum absolute atomic E-state index is 12.2. The first-order valence-corrected chi connectivity index (χ1v) is 6.60. The molecule has 1 fully saturated rings. The van der Waals surface area contributed by atoms with Gasteiger partial charge in [0.25, 0.3) is 5.91 Å². The molecule has 100 valence electrons. The van der Waals surface area contributed by atoms with Crippen LogP contribution in [0.3, 0.4) is 0 Å². The first-order valence-electron chi connectivity index (χ1n) is 6.60. The zero-order chi connectivity index (χ0) is 13.3. The van der Waals surface area contributed by atoms with Crippen LogP contribution in [0.1, 0.15) is 48.8 Å². The standard InChI is InChI=1S/C13H22N4O/c1-8(10-6-4-5-7-10)15-13(18)12-11(14)9(2)16-17(12)3/h8,10H,4-7,14H2,1-3H3,(H,15,18). The van der Waals surface area contributed by atoms with Crippen molar-refractivity contribution in [1.29, 1.82) is 0 Å². The number of aromatic nitrogens is 2. The maximum Gasteiger partial charge on any atom is 0.271 e. The summed E-state index contributed by atoms with van der Waals surface area (Å²) in [6.45, 7) is 3.89. The summed E-state index contributed by atoms with van der Waals surface area (Å²) in [6, 6.07) is 0.203. The highest BCUT2D eigenvalue weighted by molar-refractivity contribution is 5.98. The molecule has 1 unspecified atom stereocenters. The van der Waals surface area contributed by atoms with Gasteiger partial charge in [-0.3, -0.25) is 9.48 Å². The molecule has 1 aliphatic rings. The molecule has 1 amide bonds. The molecular formula is C13H22N4O. The van der Waals surface area contributed by atoms with E-state index in [1.165, 1.54) is 25.7 Å². The Hall–Kier alpha value is -1.52. The Bertz CT molecular complexity index is 446. The number of hydrogen-bond acceptors (Lipinski definition) is 3. The van der Waals surface area contributed by atoms with Gasteiger partial charge in [-0.1, -0.05) is 12.8 Å². The molecule has 0 radical (unpaired) electrons. The smallest absolute Gasteiger partial charge is 0.271 e. The second-order valence-corrected chi connectivity index (χ2v) is 5.28. The van der Waals surface area contributed by atoms with E-state index in [4.69, 9.17) is 5.73 Å². The van der Waals surface area contributed by atoms with Crippen molar-refractivity contribution in [2.45, 2.75) is 45.6 Å². The summed E-state index contributed by atoms with van der Waals surface area (Å²) in [5.41, 5.74) is 7.54.